The van der Waals surface area contributed by atoms with Crippen molar-refractivity contribution < 1.29 is 9.90 Å². The number of carbonyl (C=O) groups is 1. The first kappa shape index (κ1) is 11.4. The molecular formula is C12H11N5O2. The Hall–Kier alpha value is -2.70. The second-order valence-electron chi connectivity index (χ2n) is 4.19. The standard InChI is InChI=1S/C12H11N5O2/c1-16-11-5-3-2-4-8(11)9(14-16)6-17-7-10(12(18)19)13-15-17/h2-5,7H,6H2,1H3,(H,18,19). The fourth-order valence-electron chi connectivity index (χ4n) is 2.03. The molecule has 2 heterocycles. The summed E-state index contributed by atoms with van der Waals surface area (Å²) in [5.74, 6) is -1.09. The fourth-order valence-corrected chi connectivity index (χ4v) is 2.03. The number of aromatic carboxylic acids is 1. The van der Waals surface area contributed by atoms with E-state index in [-0.39, 0.29) is 5.69 Å². The topological polar surface area (TPSA) is 85.8 Å². The van der Waals surface area contributed by atoms with Crippen LogP contribution in [0.2, 0.25) is 0 Å². The van der Waals surface area contributed by atoms with Crippen LogP contribution in [-0.2, 0) is 13.6 Å². The van der Waals surface area contributed by atoms with E-state index in [0.29, 0.717) is 6.54 Å². The van der Waals surface area contributed by atoms with Gasteiger partial charge in [-0.25, -0.2) is 9.48 Å². The molecule has 3 rings (SSSR count). The molecule has 0 saturated carbocycles. The van der Waals surface area contributed by atoms with Crippen LogP contribution in [0.1, 0.15) is 16.2 Å². The molecule has 1 aromatic carbocycles. The Labute approximate surface area is 108 Å². The van der Waals surface area contributed by atoms with Crippen molar-refractivity contribution in [1.29, 1.82) is 0 Å². The third-order valence-electron chi connectivity index (χ3n) is 2.90. The smallest absolute Gasteiger partial charge is 0.358 e. The Balaban J connectivity index is 1.98. The molecule has 96 valence electrons. The van der Waals surface area contributed by atoms with Crippen LogP contribution in [0.25, 0.3) is 10.9 Å². The molecule has 7 nitrogen and oxygen atoms in total. The molecule has 0 bridgehead atoms. The van der Waals surface area contributed by atoms with Gasteiger partial charge in [-0.1, -0.05) is 23.4 Å². The highest BCUT2D eigenvalue weighted by molar-refractivity contribution is 5.84. The molecule has 1 N–H and O–H groups in total. The zero-order valence-corrected chi connectivity index (χ0v) is 10.2. The molecule has 7 heteroatoms. The molecule has 0 radical (unpaired) electrons. The van der Waals surface area contributed by atoms with E-state index in [1.807, 2.05) is 31.3 Å². The predicted molar refractivity (Wildman–Crippen MR) is 66.8 cm³/mol. The SMILES string of the molecule is Cn1nc(Cn2cc(C(=O)O)nn2)c2ccccc21. The van der Waals surface area contributed by atoms with E-state index in [4.69, 9.17) is 5.11 Å². The van der Waals surface area contributed by atoms with Gasteiger partial charge in [0.2, 0.25) is 0 Å². The number of carboxylic acids is 1. The molecule has 3 aromatic rings. The summed E-state index contributed by atoms with van der Waals surface area (Å²) in [6.45, 7) is 0.391. The maximum absolute atomic E-state index is 10.7. The van der Waals surface area contributed by atoms with Gasteiger partial charge in [0.1, 0.15) is 0 Å². The van der Waals surface area contributed by atoms with Crippen LogP contribution in [0, 0.1) is 0 Å². The maximum Gasteiger partial charge on any atom is 0.358 e. The molecular weight excluding hydrogens is 246 g/mol. The first-order valence-electron chi connectivity index (χ1n) is 5.69. The van der Waals surface area contributed by atoms with Crippen LogP contribution >= 0.6 is 0 Å². The van der Waals surface area contributed by atoms with E-state index in [0.717, 1.165) is 16.6 Å². The van der Waals surface area contributed by atoms with Gasteiger partial charge >= 0.3 is 5.97 Å². The van der Waals surface area contributed by atoms with E-state index >= 15 is 0 Å². The summed E-state index contributed by atoms with van der Waals surface area (Å²) < 4.78 is 3.26. The lowest BCUT2D eigenvalue weighted by Gasteiger charge is -1.96. The number of fused-ring (bicyclic) bond motifs is 1. The average molecular weight is 257 g/mol. The zero-order valence-electron chi connectivity index (χ0n) is 10.2. The largest absolute Gasteiger partial charge is 0.476 e. The normalized spacial score (nSPS) is 11.0. The van der Waals surface area contributed by atoms with E-state index in [1.54, 1.807) is 4.68 Å². The zero-order chi connectivity index (χ0) is 13.4. The van der Waals surface area contributed by atoms with Crippen molar-refractivity contribution in [2.45, 2.75) is 6.54 Å². The highest BCUT2D eigenvalue weighted by Gasteiger charge is 2.12. The van der Waals surface area contributed by atoms with Gasteiger partial charge in [0, 0.05) is 12.4 Å². The first-order valence-corrected chi connectivity index (χ1v) is 5.69. The van der Waals surface area contributed by atoms with Crippen molar-refractivity contribution >= 4 is 16.9 Å². The van der Waals surface area contributed by atoms with Crippen molar-refractivity contribution in [3.8, 4) is 0 Å². The van der Waals surface area contributed by atoms with Crippen molar-refractivity contribution in [3.63, 3.8) is 0 Å². The molecule has 0 aliphatic rings. The lowest BCUT2D eigenvalue weighted by molar-refractivity contribution is 0.0690. The van der Waals surface area contributed by atoms with Gasteiger partial charge in [-0.05, 0) is 6.07 Å². The summed E-state index contributed by atoms with van der Waals surface area (Å²) in [6.07, 6.45) is 1.39. The van der Waals surface area contributed by atoms with E-state index in [2.05, 4.69) is 15.4 Å². The Morgan fingerprint density at radius 1 is 1.37 bits per heavy atom. The third-order valence-corrected chi connectivity index (χ3v) is 2.90. The van der Waals surface area contributed by atoms with E-state index in [1.165, 1.54) is 10.9 Å². The van der Waals surface area contributed by atoms with E-state index < -0.39 is 5.97 Å². The Morgan fingerprint density at radius 2 is 2.16 bits per heavy atom. The van der Waals surface area contributed by atoms with Crippen LogP contribution in [0.3, 0.4) is 0 Å². The highest BCUT2D eigenvalue weighted by atomic mass is 16.4. The molecule has 0 aliphatic carbocycles. The molecule has 0 atom stereocenters. The maximum atomic E-state index is 10.7. The number of para-hydroxylation sites is 1. The van der Waals surface area contributed by atoms with Crippen molar-refractivity contribution in [1.82, 2.24) is 24.8 Å². The second-order valence-corrected chi connectivity index (χ2v) is 4.19. The summed E-state index contributed by atoms with van der Waals surface area (Å²) in [7, 11) is 1.87. The molecule has 0 aliphatic heterocycles. The summed E-state index contributed by atoms with van der Waals surface area (Å²) in [6, 6.07) is 7.85. The number of nitrogens with zero attached hydrogens (tertiary/aromatic N) is 5. The van der Waals surface area contributed by atoms with Gasteiger partial charge in [0.25, 0.3) is 0 Å². The van der Waals surface area contributed by atoms with Gasteiger partial charge in [0.15, 0.2) is 5.69 Å². The van der Waals surface area contributed by atoms with Crippen molar-refractivity contribution in [2.24, 2.45) is 7.05 Å². The van der Waals surface area contributed by atoms with Gasteiger partial charge in [-0.3, -0.25) is 4.68 Å². The minimum atomic E-state index is -1.09. The van der Waals surface area contributed by atoms with Gasteiger partial charge in [-0.15, -0.1) is 5.10 Å². The van der Waals surface area contributed by atoms with Crippen LogP contribution < -0.4 is 0 Å². The van der Waals surface area contributed by atoms with Crippen LogP contribution in [0.15, 0.2) is 30.5 Å². The quantitative estimate of drug-likeness (QED) is 0.753. The summed E-state index contributed by atoms with van der Waals surface area (Å²) in [5.41, 5.74) is 1.79. The molecule has 0 saturated heterocycles. The molecule has 0 amide bonds. The molecule has 2 aromatic heterocycles. The van der Waals surface area contributed by atoms with Crippen molar-refractivity contribution in [3.05, 3.63) is 41.9 Å². The Morgan fingerprint density at radius 3 is 2.89 bits per heavy atom. The van der Waals surface area contributed by atoms with Crippen LogP contribution in [0.4, 0.5) is 0 Å². The third kappa shape index (κ3) is 1.95. The monoisotopic (exact) mass is 257 g/mol. The minimum absolute atomic E-state index is 0.0692. The molecule has 0 fully saturated rings. The van der Waals surface area contributed by atoms with E-state index in [9.17, 15) is 4.79 Å². The number of rotatable bonds is 3. The number of hydrogen-bond acceptors (Lipinski definition) is 4. The first-order chi connectivity index (χ1) is 9.15. The highest BCUT2D eigenvalue weighted by Crippen LogP contribution is 2.17. The number of carboxylic acid groups (broad SMARTS) is 1. The second kappa shape index (κ2) is 4.20. The Bertz CT molecular complexity index is 758. The fraction of sp³-hybridized carbons (Fsp3) is 0.167. The molecule has 0 spiro atoms. The summed E-state index contributed by atoms with van der Waals surface area (Å²) >= 11 is 0. The van der Waals surface area contributed by atoms with Gasteiger partial charge in [0.05, 0.1) is 24.0 Å². The lowest BCUT2D eigenvalue weighted by Crippen LogP contribution is -2.02. The lowest BCUT2D eigenvalue weighted by atomic mass is 10.2. The van der Waals surface area contributed by atoms with Crippen LogP contribution in [-0.4, -0.2) is 35.9 Å². The Kier molecular flexibility index (Phi) is 2.52. The van der Waals surface area contributed by atoms with Crippen molar-refractivity contribution in [2.75, 3.05) is 0 Å². The summed E-state index contributed by atoms with van der Waals surface area (Å²) in [5, 5.41) is 21.6. The number of hydrogen-bond donors (Lipinski definition) is 1. The minimum Gasteiger partial charge on any atom is -0.476 e. The molecule has 0 unspecified atom stereocenters. The predicted octanol–water partition coefficient (Wildman–Crippen LogP) is 0.911. The number of benzene rings is 1. The average Bonchev–Trinajstić information content (AvgIpc) is 2.97. The molecule has 19 heavy (non-hydrogen) atoms. The van der Waals surface area contributed by atoms with Gasteiger partial charge < -0.3 is 5.11 Å². The van der Waals surface area contributed by atoms with Crippen LogP contribution in [0.5, 0.6) is 0 Å². The number of aromatic nitrogens is 5. The number of aryl methyl sites for hydroxylation is 1. The summed E-state index contributed by atoms with van der Waals surface area (Å²) in [4.78, 5) is 10.7. The van der Waals surface area contributed by atoms with Gasteiger partial charge in [-0.2, -0.15) is 5.10 Å².